The molecule has 1 heterocycles. The van der Waals surface area contributed by atoms with Gasteiger partial charge in [0.25, 0.3) is 0 Å². The highest BCUT2D eigenvalue weighted by molar-refractivity contribution is 7.76. The van der Waals surface area contributed by atoms with Gasteiger partial charge >= 0.3 is 0 Å². The van der Waals surface area contributed by atoms with Gasteiger partial charge < -0.3 is 0 Å². The summed E-state index contributed by atoms with van der Waals surface area (Å²) < 4.78 is 0. The number of rotatable bonds is 5. The van der Waals surface area contributed by atoms with Gasteiger partial charge in [-0.2, -0.15) is 0 Å². The molecule has 4 atom stereocenters. The van der Waals surface area contributed by atoms with Gasteiger partial charge in [-0.3, -0.25) is 4.99 Å². The van der Waals surface area contributed by atoms with E-state index in [1.165, 1.54) is 25.4 Å². The molecule has 1 nitrogen and oxygen atoms in total. The van der Waals surface area contributed by atoms with Crippen molar-refractivity contribution in [2.24, 2.45) is 16.8 Å². The number of hydrogen-bond donors (Lipinski definition) is 0. The zero-order chi connectivity index (χ0) is 14.5. The van der Waals surface area contributed by atoms with E-state index in [9.17, 15) is 0 Å². The van der Waals surface area contributed by atoms with Crippen molar-refractivity contribution in [3.63, 3.8) is 0 Å². The molecule has 0 aliphatic carbocycles. The van der Waals surface area contributed by atoms with Gasteiger partial charge in [0.15, 0.2) is 0 Å². The molecule has 1 fully saturated rings. The lowest BCUT2D eigenvalue weighted by Crippen LogP contribution is -2.16. The van der Waals surface area contributed by atoms with Crippen LogP contribution in [0.5, 0.6) is 0 Å². The Hall–Kier alpha value is -0.680. The third-order valence-electron chi connectivity index (χ3n) is 4.76. The first-order valence-electron chi connectivity index (χ1n) is 8.07. The third-order valence-corrected chi connectivity index (χ3v) is 7.95. The maximum Gasteiger partial charge on any atom is 0.0633 e. The summed E-state index contributed by atoms with van der Waals surface area (Å²) in [4.78, 5) is 5.10. The first-order valence-corrected chi connectivity index (χ1v) is 9.67. The summed E-state index contributed by atoms with van der Waals surface area (Å²) >= 11 is 0. The van der Waals surface area contributed by atoms with Crippen LogP contribution in [0.25, 0.3) is 0 Å². The van der Waals surface area contributed by atoms with E-state index < -0.39 is 0 Å². The fourth-order valence-corrected chi connectivity index (χ4v) is 6.18. The van der Waals surface area contributed by atoms with E-state index in [0.29, 0.717) is 0 Å². The first kappa shape index (κ1) is 15.7. The monoisotopic (exact) mass is 289 g/mol. The van der Waals surface area contributed by atoms with Crippen LogP contribution in [0.3, 0.4) is 0 Å². The van der Waals surface area contributed by atoms with Gasteiger partial charge in [-0.1, -0.05) is 60.2 Å². The second-order valence-electron chi connectivity index (χ2n) is 6.04. The summed E-state index contributed by atoms with van der Waals surface area (Å²) in [6.07, 6.45) is 5.30. The zero-order valence-electron chi connectivity index (χ0n) is 13.3. The lowest BCUT2D eigenvalue weighted by atomic mass is 9.91. The second-order valence-corrected chi connectivity index (χ2v) is 8.76. The number of hydrogen-bond acceptors (Lipinski definition) is 1. The molecule has 0 spiro atoms. The van der Waals surface area contributed by atoms with Gasteiger partial charge in [0, 0.05) is 11.4 Å². The summed E-state index contributed by atoms with van der Waals surface area (Å²) in [6.45, 7) is 9.46. The smallest absolute Gasteiger partial charge is 0.0633 e. The van der Waals surface area contributed by atoms with Crippen LogP contribution in [0.1, 0.15) is 47.0 Å². The van der Waals surface area contributed by atoms with Crippen molar-refractivity contribution in [2.75, 3.05) is 6.16 Å². The van der Waals surface area contributed by atoms with Gasteiger partial charge in [-0.05, 0) is 42.7 Å². The molecule has 4 unspecified atom stereocenters. The molecule has 0 N–H and O–H groups in total. The highest BCUT2D eigenvalue weighted by Gasteiger charge is 2.36. The summed E-state index contributed by atoms with van der Waals surface area (Å²) in [6, 6.07) is 10.5. The second kappa shape index (κ2) is 7.36. The van der Waals surface area contributed by atoms with Crippen molar-refractivity contribution in [3.8, 4) is 0 Å². The minimum absolute atomic E-state index is 0.0210. The van der Waals surface area contributed by atoms with E-state index >= 15 is 0 Å². The van der Waals surface area contributed by atoms with Crippen LogP contribution in [0.2, 0.25) is 0 Å². The Kier molecular flexibility index (Phi) is 5.78. The van der Waals surface area contributed by atoms with Crippen molar-refractivity contribution in [2.45, 2.75) is 52.6 Å². The molecule has 0 radical (unpaired) electrons. The average molecular weight is 289 g/mol. The van der Waals surface area contributed by atoms with Crippen molar-refractivity contribution < 1.29 is 0 Å². The fraction of sp³-hybridized carbons (Fsp3) is 0.611. The predicted octanol–water partition coefficient (Wildman–Crippen LogP) is 6.06. The normalized spacial score (nSPS) is 27.7. The van der Waals surface area contributed by atoms with Crippen LogP contribution in [0, 0.1) is 11.8 Å². The molecule has 1 aliphatic heterocycles. The molecule has 1 aromatic carbocycles. The SMILES string of the molecule is CCC(C)C1CCP(C(C)CC)C1=Nc1ccccc1. The topological polar surface area (TPSA) is 12.4 Å². The lowest BCUT2D eigenvalue weighted by Gasteiger charge is -2.24. The van der Waals surface area contributed by atoms with Crippen LogP contribution in [0.4, 0.5) is 5.69 Å². The maximum absolute atomic E-state index is 5.10. The Balaban J connectivity index is 2.31. The van der Waals surface area contributed by atoms with E-state index in [4.69, 9.17) is 4.99 Å². The molecule has 0 amide bonds. The van der Waals surface area contributed by atoms with Crippen molar-refractivity contribution in [3.05, 3.63) is 30.3 Å². The molecule has 0 saturated carbocycles. The molecule has 1 aromatic rings. The van der Waals surface area contributed by atoms with Crippen LogP contribution in [-0.2, 0) is 0 Å². The molecule has 2 rings (SSSR count). The molecular formula is C18H28NP. The average Bonchev–Trinajstić information content (AvgIpc) is 2.90. The molecule has 0 aromatic heterocycles. The molecule has 1 saturated heterocycles. The highest BCUT2D eigenvalue weighted by Crippen LogP contribution is 2.55. The van der Waals surface area contributed by atoms with Gasteiger partial charge in [0.05, 0.1) is 5.69 Å². The Morgan fingerprint density at radius 2 is 1.85 bits per heavy atom. The lowest BCUT2D eigenvalue weighted by molar-refractivity contribution is 0.442. The van der Waals surface area contributed by atoms with Crippen LogP contribution < -0.4 is 0 Å². The Morgan fingerprint density at radius 3 is 2.45 bits per heavy atom. The third kappa shape index (κ3) is 3.50. The maximum atomic E-state index is 5.10. The van der Waals surface area contributed by atoms with Gasteiger partial charge in [0.2, 0.25) is 0 Å². The highest BCUT2D eigenvalue weighted by atomic mass is 31.1. The van der Waals surface area contributed by atoms with Crippen molar-refractivity contribution >= 4 is 19.1 Å². The molecule has 0 bridgehead atoms. The minimum Gasteiger partial charge on any atom is -0.253 e. The first-order chi connectivity index (χ1) is 9.67. The van der Waals surface area contributed by atoms with E-state index in [1.807, 2.05) is 0 Å². The molecule has 2 heteroatoms. The summed E-state index contributed by atoms with van der Waals surface area (Å²) in [5.41, 5.74) is 3.52. The van der Waals surface area contributed by atoms with Crippen LogP contribution in [0.15, 0.2) is 35.3 Å². The standard InChI is InChI=1S/C18H28NP/c1-5-14(3)17-12-13-20(15(4)6-2)18(17)19-16-10-8-7-9-11-16/h7-11,14-15,17H,5-6,12-13H2,1-4H3. The fourth-order valence-electron chi connectivity index (χ4n) is 3.01. The van der Waals surface area contributed by atoms with Crippen LogP contribution >= 0.6 is 7.92 Å². The Bertz CT molecular complexity index is 420. The minimum atomic E-state index is -0.0210. The van der Waals surface area contributed by atoms with E-state index in [1.54, 1.807) is 5.45 Å². The van der Waals surface area contributed by atoms with Crippen molar-refractivity contribution in [1.29, 1.82) is 0 Å². The summed E-state index contributed by atoms with van der Waals surface area (Å²) in [5.74, 6) is 1.49. The Labute approximate surface area is 125 Å². The number of aliphatic imine (C=N–C) groups is 1. The summed E-state index contributed by atoms with van der Waals surface area (Å²) in [7, 11) is -0.0210. The zero-order valence-corrected chi connectivity index (χ0v) is 14.2. The number of para-hydroxylation sites is 1. The Morgan fingerprint density at radius 1 is 1.15 bits per heavy atom. The van der Waals surface area contributed by atoms with Crippen molar-refractivity contribution in [1.82, 2.24) is 0 Å². The number of benzene rings is 1. The predicted molar refractivity (Wildman–Crippen MR) is 92.6 cm³/mol. The number of nitrogens with zero attached hydrogens (tertiary/aromatic N) is 1. The van der Waals surface area contributed by atoms with Gasteiger partial charge in [-0.25, -0.2) is 0 Å². The van der Waals surface area contributed by atoms with Gasteiger partial charge in [0.1, 0.15) is 0 Å². The quantitative estimate of drug-likeness (QED) is 0.584. The van der Waals surface area contributed by atoms with E-state index in [0.717, 1.165) is 23.2 Å². The summed E-state index contributed by atoms with van der Waals surface area (Å²) in [5, 5.41) is 0. The van der Waals surface area contributed by atoms with E-state index in [-0.39, 0.29) is 7.92 Å². The molecule has 110 valence electrons. The molecular weight excluding hydrogens is 261 g/mol. The van der Waals surface area contributed by atoms with Gasteiger partial charge in [-0.15, -0.1) is 0 Å². The largest absolute Gasteiger partial charge is 0.253 e. The molecule has 1 aliphatic rings. The van der Waals surface area contributed by atoms with Crippen LogP contribution in [-0.4, -0.2) is 17.3 Å². The molecule has 20 heavy (non-hydrogen) atoms. The van der Waals surface area contributed by atoms with E-state index in [2.05, 4.69) is 58.0 Å².